The Hall–Kier alpha value is -2.52. The molecule has 0 aliphatic carbocycles. The molecule has 0 bridgehead atoms. The summed E-state index contributed by atoms with van der Waals surface area (Å²) in [4.78, 5) is 15.0. The fraction of sp³-hybridized carbons (Fsp3) is 0.190. The number of benzene rings is 3. The molecule has 0 radical (unpaired) electrons. The zero-order valence-electron chi connectivity index (χ0n) is 14.4. The van der Waals surface area contributed by atoms with Gasteiger partial charge in [-0.3, -0.25) is 4.79 Å². The third kappa shape index (κ3) is 3.62. The molecule has 0 aliphatic rings. The van der Waals surface area contributed by atoms with E-state index >= 15 is 0 Å². The van der Waals surface area contributed by atoms with Gasteiger partial charge in [0, 0.05) is 40.4 Å². The van der Waals surface area contributed by atoms with Crippen LogP contribution in [0.25, 0.3) is 10.8 Å². The highest BCUT2D eigenvalue weighted by molar-refractivity contribution is 6.36. The monoisotopic (exact) mass is 352 g/mol. The maximum Gasteiger partial charge on any atom is 0.256 e. The van der Waals surface area contributed by atoms with Gasteiger partial charge in [-0.05, 0) is 55.6 Å². The summed E-state index contributed by atoms with van der Waals surface area (Å²) in [6.07, 6.45) is 0. The van der Waals surface area contributed by atoms with Crippen molar-refractivity contribution in [3.8, 4) is 0 Å². The van der Waals surface area contributed by atoms with Gasteiger partial charge in [-0.15, -0.1) is 0 Å². The van der Waals surface area contributed by atoms with Crippen LogP contribution >= 0.6 is 11.6 Å². The lowest BCUT2D eigenvalue weighted by Gasteiger charge is -2.21. The van der Waals surface area contributed by atoms with Crippen LogP contribution in [0.3, 0.4) is 0 Å². The Kier molecular flexibility index (Phi) is 5.25. The first-order valence-corrected chi connectivity index (χ1v) is 8.85. The number of hydrogen-bond acceptors (Lipinski definition) is 2. The lowest BCUT2D eigenvalue weighted by Crippen LogP contribution is -2.21. The third-order valence-corrected chi connectivity index (χ3v) is 4.70. The van der Waals surface area contributed by atoms with Crippen molar-refractivity contribution < 1.29 is 4.79 Å². The molecular weight excluding hydrogens is 332 g/mol. The van der Waals surface area contributed by atoms with E-state index in [0.717, 1.165) is 35.2 Å². The summed E-state index contributed by atoms with van der Waals surface area (Å²) in [5.74, 6) is -0.136. The highest BCUT2D eigenvalue weighted by Gasteiger charge is 2.11. The first-order valence-electron chi connectivity index (χ1n) is 8.47. The van der Waals surface area contributed by atoms with E-state index in [2.05, 4.69) is 24.1 Å². The summed E-state index contributed by atoms with van der Waals surface area (Å²) in [5.41, 5.74) is 2.55. The predicted molar refractivity (Wildman–Crippen MR) is 107 cm³/mol. The summed E-state index contributed by atoms with van der Waals surface area (Å²) in [7, 11) is 0. The molecule has 0 aliphatic heterocycles. The van der Waals surface area contributed by atoms with Crippen LogP contribution in [0.4, 0.5) is 11.4 Å². The van der Waals surface area contributed by atoms with Crippen LogP contribution in [0.1, 0.15) is 24.2 Å². The van der Waals surface area contributed by atoms with Gasteiger partial charge in [-0.25, -0.2) is 0 Å². The number of anilines is 2. The quantitative estimate of drug-likeness (QED) is 0.649. The summed E-state index contributed by atoms with van der Waals surface area (Å²) in [5, 5.41) is 5.36. The highest BCUT2D eigenvalue weighted by atomic mass is 35.5. The van der Waals surface area contributed by atoms with Crippen LogP contribution in [0.2, 0.25) is 5.02 Å². The van der Waals surface area contributed by atoms with Crippen LogP contribution in [-0.4, -0.2) is 19.0 Å². The van der Waals surface area contributed by atoms with Crippen molar-refractivity contribution in [2.45, 2.75) is 13.8 Å². The van der Waals surface area contributed by atoms with Gasteiger partial charge in [0.05, 0.1) is 0 Å². The van der Waals surface area contributed by atoms with E-state index in [1.165, 1.54) is 0 Å². The molecule has 0 aromatic heterocycles. The lowest BCUT2D eigenvalue weighted by molar-refractivity contribution is 0.102. The van der Waals surface area contributed by atoms with Crippen molar-refractivity contribution in [2.24, 2.45) is 0 Å². The molecule has 25 heavy (non-hydrogen) atoms. The fourth-order valence-electron chi connectivity index (χ4n) is 3.01. The standard InChI is InChI=1S/C21H21ClN2O/c1-3-24(4-2)16-13-11-15(12-14-16)23-21(25)19-9-5-8-18-17(19)7-6-10-20(18)22/h5-14H,3-4H2,1-2H3,(H,23,25). The van der Waals surface area contributed by atoms with E-state index < -0.39 is 0 Å². The smallest absolute Gasteiger partial charge is 0.256 e. The first-order chi connectivity index (χ1) is 12.1. The summed E-state index contributed by atoms with van der Waals surface area (Å²) in [6.45, 7) is 6.17. The minimum absolute atomic E-state index is 0.136. The Balaban J connectivity index is 1.85. The Labute approximate surface area is 153 Å². The molecular formula is C21H21ClN2O. The van der Waals surface area contributed by atoms with Gasteiger partial charge in [-0.1, -0.05) is 35.9 Å². The molecule has 0 saturated carbocycles. The molecule has 0 saturated heterocycles. The van der Waals surface area contributed by atoms with E-state index in [0.29, 0.717) is 10.6 Å². The van der Waals surface area contributed by atoms with Crippen LogP contribution in [-0.2, 0) is 0 Å². The summed E-state index contributed by atoms with van der Waals surface area (Å²) < 4.78 is 0. The maximum atomic E-state index is 12.7. The number of rotatable bonds is 5. The first kappa shape index (κ1) is 17.3. The van der Waals surface area contributed by atoms with E-state index in [1.54, 1.807) is 0 Å². The molecule has 3 aromatic carbocycles. The zero-order chi connectivity index (χ0) is 17.8. The zero-order valence-corrected chi connectivity index (χ0v) is 15.2. The van der Waals surface area contributed by atoms with Crippen molar-refractivity contribution in [2.75, 3.05) is 23.3 Å². The van der Waals surface area contributed by atoms with Crippen LogP contribution in [0.15, 0.2) is 60.7 Å². The SMILES string of the molecule is CCN(CC)c1ccc(NC(=O)c2cccc3c(Cl)cccc23)cc1. The number of nitrogens with one attached hydrogen (secondary N) is 1. The van der Waals surface area contributed by atoms with Crippen molar-refractivity contribution in [3.05, 3.63) is 71.2 Å². The molecule has 128 valence electrons. The van der Waals surface area contributed by atoms with Crippen LogP contribution in [0.5, 0.6) is 0 Å². The van der Waals surface area contributed by atoms with Gasteiger partial charge in [0.25, 0.3) is 5.91 Å². The highest BCUT2D eigenvalue weighted by Crippen LogP contribution is 2.26. The summed E-state index contributed by atoms with van der Waals surface area (Å²) in [6, 6.07) is 19.1. The second kappa shape index (κ2) is 7.58. The lowest BCUT2D eigenvalue weighted by atomic mass is 10.0. The van der Waals surface area contributed by atoms with Crippen molar-refractivity contribution in [1.82, 2.24) is 0 Å². The molecule has 3 nitrogen and oxygen atoms in total. The number of amides is 1. The van der Waals surface area contributed by atoms with E-state index in [9.17, 15) is 4.79 Å². The molecule has 0 atom stereocenters. The Morgan fingerprint density at radius 3 is 2.24 bits per heavy atom. The number of fused-ring (bicyclic) bond motifs is 1. The maximum absolute atomic E-state index is 12.7. The Bertz CT molecular complexity index is 886. The van der Waals surface area contributed by atoms with Crippen molar-refractivity contribution in [3.63, 3.8) is 0 Å². The molecule has 1 N–H and O–H groups in total. The normalized spacial score (nSPS) is 10.7. The molecule has 0 fully saturated rings. The van der Waals surface area contributed by atoms with Gasteiger partial charge in [0.1, 0.15) is 0 Å². The Morgan fingerprint density at radius 2 is 1.56 bits per heavy atom. The molecule has 1 amide bonds. The number of carbonyl (C=O) groups excluding carboxylic acids is 1. The third-order valence-electron chi connectivity index (χ3n) is 4.37. The van der Waals surface area contributed by atoms with Gasteiger partial charge < -0.3 is 10.2 Å². The molecule has 0 spiro atoms. The molecule has 0 unspecified atom stereocenters. The van der Waals surface area contributed by atoms with E-state index in [1.807, 2.05) is 60.7 Å². The van der Waals surface area contributed by atoms with Crippen LogP contribution in [0, 0.1) is 0 Å². The van der Waals surface area contributed by atoms with Gasteiger partial charge in [0.2, 0.25) is 0 Å². The molecule has 0 heterocycles. The Morgan fingerprint density at radius 1 is 0.920 bits per heavy atom. The number of halogens is 1. The van der Waals surface area contributed by atoms with Crippen LogP contribution < -0.4 is 10.2 Å². The second-order valence-electron chi connectivity index (χ2n) is 5.81. The topological polar surface area (TPSA) is 32.3 Å². The fourth-order valence-corrected chi connectivity index (χ4v) is 3.25. The van der Waals surface area contributed by atoms with Gasteiger partial charge in [0.15, 0.2) is 0 Å². The summed E-state index contributed by atoms with van der Waals surface area (Å²) >= 11 is 6.23. The number of nitrogens with zero attached hydrogens (tertiary/aromatic N) is 1. The minimum Gasteiger partial charge on any atom is -0.372 e. The van der Waals surface area contributed by atoms with Gasteiger partial charge >= 0.3 is 0 Å². The minimum atomic E-state index is -0.136. The van der Waals surface area contributed by atoms with E-state index in [4.69, 9.17) is 11.6 Å². The second-order valence-corrected chi connectivity index (χ2v) is 6.22. The van der Waals surface area contributed by atoms with Crippen molar-refractivity contribution >= 4 is 39.7 Å². The molecule has 3 rings (SSSR count). The van der Waals surface area contributed by atoms with Gasteiger partial charge in [-0.2, -0.15) is 0 Å². The average Bonchev–Trinajstić information content (AvgIpc) is 2.64. The number of carbonyl (C=O) groups is 1. The largest absolute Gasteiger partial charge is 0.372 e. The average molecular weight is 353 g/mol. The van der Waals surface area contributed by atoms with E-state index in [-0.39, 0.29) is 5.91 Å². The molecule has 4 heteroatoms. The number of hydrogen-bond donors (Lipinski definition) is 1. The molecule has 3 aromatic rings. The van der Waals surface area contributed by atoms with Crippen molar-refractivity contribution in [1.29, 1.82) is 0 Å². The predicted octanol–water partition coefficient (Wildman–Crippen LogP) is 5.59.